The Hall–Kier alpha value is -3.01. The molecule has 0 aliphatic carbocycles. The van der Waals surface area contributed by atoms with Crippen molar-refractivity contribution in [2.75, 3.05) is 12.0 Å². The first-order chi connectivity index (χ1) is 13.3. The molecule has 0 aromatic heterocycles. The van der Waals surface area contributed by atoms with Gasteiger partial charge in [-0.3, -0.25) is 4.90 Å². The molecule has 0 heterocycles. The second-order valence-electron chi connectivity index (χ2n) is 7.43. The number of benzene rings is 2. The van der Waals surface area contributed by atoms with Gasteiger partial charge in [0, 0.05) is 12.1 Å². The molecule has 2 aromatic rings. The van der Waals surface area contributed by atoms with Gasteiger partial charge in [0.2, 0.25) is 0 Å². The van der Waals surface area contributed by atoms with E-state index in [1.807, 2.05) is 75.4 Å². The van der Waals surface area contributed by atoms with E-state index in [0.717, 1.165) is 17.7 Å². The van der Waals surface area contributed by atoms with Crippen LogP contribution in [0.15, 0.2) is 79.5 Å². The summed E-state index contributed by atoms with van der Waals surface area (Å²) in [5, 5.41) is 0. The second-order valence-corrected chi connectivity index (χ2v) is 7.43. The van der Waals surface area contributed by atoms with Crippen LogP contribution < -0.4 is 9.64 Å². The van der Waals surface area contributed by atoms with E-state index < -0.39 is 11.7 Å². The molecule has 0 unspecified atom stereocenters. The Morgan fingerprint density at radius 3 is 2.29 bits per heavy atom. The number of ether oxygens (including phenoxy) is 2. The van der Waals surface area contributed by atoms with E-state index in [2.05, 4.69) is 18.7 Å². The Bertz CT molecular complexity index is 789. The molecule has 4 heteroatoms. The molecule has 0 aliphatic rings. The van der Waals surface area contributed by atoms with E-state index in [-0.39, 0.29) is 5.92 Å². The van der Waals surface area contributed by atoms with Crippen LogP contribution in [0.2, 0.25) is 0 Å². The molecule has 28 heavy (non-hydrogen) atoms. The van der Waals surface area contributed by atoms with E-state index in [1.165, 1.54) is 4.90 Å². The van der Waals surface area contributed by atoms with Crippen LogP contribution in [-0.2, 0) is 4.74 Å². The van der Waals surface area contributed by atoms with Crippen molar-refractivity contribution < 1.29 is 14.3 Å². The van der Waals surface area contributed by atoms with E-state index in [4.69, 9.17) is 9.47 Å². The van der Waals surface area contributed by atoms with E-state index in [9.17, 15) is 4.79 Å². The summed E-state index contributed by atoms with van der Waals surface area (Å²) < 4.78 is 10.8. The molecule has 148 valence electrons. The maximum Gasteiger partial charge on any atom is 0.418 e. The van der Waals surface area contributed by atoms with E-state index in [0.29, 0.717) is 5.69 Å². The van der Waals surface area contributed by atoms with E-state index in [1.54, 1.807) is 13.3 Å². The van der Waals surface area contributed by atoms with Gasteiger partial charge in [-0.2, -0.15) is 0 Å². The second kappa shape index (κ2) is 9.79. The Balaban J connectivity index is 2.34. The predicted octanol–water partition coefficient (Wildman–Crippen LogP) is 6.31. The molecule has 0 radical (unpaired) electrons. The van der Waals surface area contributed by atoms with Gasteiger partial charge < -0.3 is 9.47 Å². The zero-order chi connectivity index (χ0) is 20.6. The molecule has 2 rings (SSSR count). The monoisotopic (exact) mass is 379 g/mol. The minimum Gasteiger partial charge on any atom is -0.497 e. The molecule has 0 aliphatic heterocycles. The average molecular weight is 380 g/mol. The molecular weight excluding hydrogens is 350 g/mol. The van der Waals surface area contributed by atoms with Crippen molar-refractivity contribution in [3.05, 3.63) is 85.1 Å². The van der Waals surface area contributed by atoms with Crippen LogP contribution in [0.1, 0.15) is 38.7 Å². The lowest BCUT2D eigenvalue weighted by Gasteiger charge is -2.25. The fourth-order valence-corrected chi connectivity index (χ4v) is 2.70. The van der Waals surface area contributed by atoms with Crippen molar-refractivity contribution in [2.24, 2.45) is 0 Å². The number of carbonyl (C=O) groups excluding carboxylic acids is 1. The smallest absolute Gasteiger partial charge is 0.418 e. The van der Waals surface area contributed by atoms with Crippen molar-refractivity contribution >= 4 is 11.8 Å². The molecule has 0 bridgehead atoms. The Labute approximate surface area is 168 Å². The molecule has 0 saturated heterocycles. The van der Waals surface area contributed by atoms with Crippen LogP contribution in [0.5, 0.6) is 5.75 Å². The molecule has 0 saturated carbocycles. The van der Waals surface area contributed by atoms with Crippen molar-refractivity contribution in [1.29, 1.82) is 0 Å². The number of amides is 1. The SMILES string of the molecule is C=CC[C@H](/C=C\N(C(=O)OC(C)(C)C)c1ccc(OC)cc1)c1ccccc1. The van der Waals surface area contributed by atoms with Gasteiger partial charge in [-0.25, -0.2) is 4.79 Å². The number of methoxy groups -OCH3 is 1. The quantitative estimate of drug-likeness (QED) is 0.529. The zero-order valence-electron chi connectivity index (χ0n) is 17.1. The summed E-state index contributed by atoms with van der Waals surface area (Å²) >= 11 is 0. The zero-order valence-corrected chi connectivity index (χ0v) is 17.1. The van der Waals surface area contributed by atoms with Gasteiger partial charge in [0.1, 0.15) is 11.4 Å². The summed E-state index contributed by atoms with van der Waals surface area (Å²) in [5.41, 5.74) is 1.28. The lowest BCUT2D eigenvalue weighted by atomic mass is 9.96. The molecule has 0 spiro atoms. The Kier molecular flexibility index (Phi) is 7.44. The fourth-order valence-electron chi connectivity index (χ4n) is 2.70. The van der Waals surface area contributed by atoms with Crippen LogP contribution in [-0.4, -0.2) is 18.8 Å². The topological polar surface area (TPSA) is 38.8 Å². The summed E-state index contributed by atoms with van der Waals surface area (Å²) in [7, 11) is 1.61. The van der Waals surface area contributed by atoms with Gasteiger partial charge in [0.25, 0.3) is 0 Å². The Morgan fingerprint density at radius 2 is 1.75 bits per heavy atom. The number of carbonyl (C=O) groups is 1. The normalized spacial score (nSPS) is 12.4. The maximum atomic E-state index is 12.8. The van der Waals surface area contributed by atoms with Crippen molar-refractivity contribution in [1.82, 2.24) is 0 Å². The molecule has 1 amide bonds. The highest BCUT2D eigenvalue weighted by atomic mass is 16.6. The van der Waals surface area contributed by atoms with Crippen molar-refractivity contribution in [3.8, 4) is 5.75 Å². The molecule has 4 nitrogen and oxygen atoms in total. The van der Waals surface area contributed by atoms with Crippen LogP contribution in [0.25, 0.3) is 0 Å². The summed E-state index contributed by atoms with van der Waals surface area (Å²) in [5.74, 6) is 0.840. The first-order valence-electron chi connectivity index (χ1n) is 9.34. The summed E-state index contributed by atoms with van der Waals surface area (Å²) in [6.45, 7) is 9.42. The largest absolute Gasteiger partial charge is 0.497 e. The van der Waals surface area contributed by atoms with Gasteiger partial charge in [0.15, 0.2) is 0 Å². The minimum absolute atomic E-state index is 0.113. The fraction of sp³-hybridized carbons (Fsp3) is 0.292. The predicted molar refractivity (Wildman–Crippen MR) is 115 cm³/mol. The van der Waals surface area contributed by atoms with Crippen LogP contribution >= 0.6 is 0 Å². The number of allylic oxidation sites excluding steroid dienone is 2. The molecule has 0 N–H and O–H groups in total. The maximum absolute atomic E-state index is 12.8. The van der Waals surface area contributed by atoms with Gasteiger partial charge in [-0.15, -0.1) is 6.58 Å². The average Bonchev–Trinajstić information content (AvgIpc) is 2.67. The van der Waals surface area contributed by atoms with Crippen LogP contribution in [0, 0.1) is 0 Å². The third-order valence-electron chi connectivity index (χ3n) is 4.06. The lowest BCUT2D eigenvalue weighted by Crippen LogP contribution is -2.33. The summed E-state index contributed by atoms with van der Waals surface area (Å²) in [4.78, 5) is 14.3. The van der Waals surface area contributed by atoms with Crippen molar-refractivity contribution in [3.63, 3.8) is 0 Å². The first kappa shape index (κ1) is 21.3. The van der Waals surface area contributed by atoms with Gasteiger partial charge >= 0.3 is 6.09 Å². The van der Waals surface area contributed by atoms with Crippen LogP contribution in [0.3, 0.4) is 0 Å². The number of anilines is 1. The molecule has 2 aromatic carbocycles. The molecule has 0 fully saturated rings. The number of rotatable bonds is 7. The molecule has 1 atom stereocenters. The number of nitrogens with zero attached hydrogens (tertiary/aromatic N) is 1. The highest BCUT2D eigenvalue weighted by Gasteiger charge is 2.22. The van der Waals surface area contributed by atoms with Crippen LogP contribution in [0.4, 0.5) is 10.5 Å². The number of hydrogen-bond acceptors (Lipinski definition) is 3. The summed E-state index contributed by atoms with van der Waals surface area (Å²) in [6, 6.07) is 17.5. The third kappa shape index (κ3) is 6.31. The number of hydrogen-bond donors (Lipinski definition) is 0. The van der Waals surface area contributed by atoms with Crippen molar-refractivity contribution in [2.45, 2.75) is 38.7 Å². The Morgan fingerprint density at radius 1 is 1.11 bits per heavy atom. The van der Waals surface area contributed by atoms with E-state index >= 15 is 0 Å². The third-order valence-corrected chi connectivity index (χ3v) is 4.06. The van der Waals surface area contributed by atoms with Gasteiger partial charge in [-0.1, -0.05) is 42.5 Å². The molecular formula is C24H29NO3. The standard InChI is InChI=1S/C24H29NO3/c1-6-10-19(20-11-8-7-9-12-20)17-18-25(23(26)28-24(2,3)4)21-13-15-22(27-5)16-14-21/h6-9,11-19H,1,10H2,2-5H3/b18-17-/t19-/m1/s1. The highest BCUT2D eigenvalue weighted by Crippen LogP contribution is 2.25. The highest BCUT2D eigenvalue weighted by molar-refractivity contribution is 5.90. The lowest BCUT2D eigenvalue weighted by molar-refractivity contribution is 0.0596. The summed E-state index contributed by atoms with van der Waals surface area (Å²) in [6.07, 6.45) is 6.00. The first-order valence-corrected chi connectivity index (χ1v) is 9.34. The van der Waals surface area contributed by atoms with Gasteiger partial charge in [0.05, 0.1) is 12.8 Å². The van der Waals surface area contributed by atoms with Gasteiger partial charge in [-0.05, 0) is 57.0 Å². The minimum atomic E-state index is -0.588.